The van der Waals surface area contributed by atoms with Gasteiger partial charge in [0.05, 0.1) is 5.75 Å². The summed E-state index contributed by atoms with van der Waals surface area (Å²) in [6, 6.07) is 1.77. The zero-order valence-corrected chi connectivity index (χ0v) is 17.4. The fourth-order valence-electron chi connectivity index (χ4n) is 3.98. The molecule has 1 amide bonds. The number of aromatic nitrogens is 2. The SMILES string of the molecule is CCCS(=O)(=O)NC1CCN(C(=O)C2(n3cccn3)CCNCC2)CC1.Cl. The van der Waals surface area contributed by atoms with Crippen LogP contribution in [-0.4, -0.2) is 67.0 Å². The average molecular weight is 420 g/mol. The Morgan fingerprint density at radius 2 is 1.96 bits per heavy atom. The number of amides is 1. The fourth-order valence-corrected chi connectivity index (χ4v) is 5.38. The van der Waals surface area contributed by atoms with Crippen LogP contribution in [0.3, 0.4) is 0 Å². The van der Waals surface area contributed by atoms with Gasteiger partial charge in [0.2, 0.25) is 10.0 Å². The van der Waals surface area contributed by atoms with Crippen LogP contribution < -0.4 is 10.0 Å². The molecule has 1 aromatic rings. The number of sulfonamides is 1. The van der Waals surface area contributed by atoms with Gasteiger partial charge in [0.25, 0.3) is 5.91 Å². The van der Waals surface area contributed by atoms with Gasteiger partial charge in [-0.05, 0) is 51.3 Å². The van der Waals surface area contributed by atoms with Gasteiger partial charge < -0.3 is 10.2 Å². The molecule has 10 heteroatoms. The third-order valence-electron chi connectivity index (χ3n) is 5.37. The number of nitrogens with zero attached hydrogens (tertiary/aromatic N) is 3. The molecule has 0 radical (unpaired) electrons. The Labute approximate surface area is 167 Å². The Balaban J connectivity index is 0.00000261. The van der Waals surface area contributed by atoms with Crippen molar-refractivity contribution < 1.29 is 13.2 Å². The second kappa shape index (κ2) is 9.36. The molecule has 0 atom stereocenters. The normalized spacial score (nSPS) is 20.9. The van der Waals surface area contributed by atoms with Gasteiger partial charge in [0, 0.05) is 31.5 Å². The van der Waals surface area contributed by atoms with E-state index < -0.39 is 15.6 Å². The van der Waals surface area contributed by atoms with E-state index in [1.807, 2.05) is 28.8 Å². The number of rotatable bonds is 6. The first-order valence-corrected chi connectivity index (χ1v) is 11.1. The Kier molecular flexibility index (Phi) is 7.67. The van der Waals surface area contributed by atoms with E-state index in [1.165, 1.54) is 0 Å². The van der Waals surface area contributed by atoms with E-state index in [0.29, 0.717) is 32.4 Å². The quantitative estimate of drug-likeness (QED) is 0.707. The first-order valence-electron chi connectivity index (χ1n) is 9.47. The van der Waals surface area contributed by atoms with Gasteiger partial charge in [0.1, 0.15) is 5.54 Å². The maximum atomic E-state index is 13.4. The summed E-state index contributed by atoms with van der Waals surface area (Å²) in [6.45, 7) is 4.59. The van der Waals surface area contributed by atoms with Crippen molar-refractivity contribution in [3.8, 4) is 0 Å². The average Bonchev–Trinajstić information content (AvgIpc) is 3.17. The second-order valence-electron chi connectivity index (χ2n) is 7.24. The summed E-state index contributed by atoms with van der Waals surface area (Å²) in [5.74, 6) is 0.263. The summed E-state index contributed by atoms with van der Waals surface area (Å²) in [7, 11) is -3.21. The van der Waals surface area contributed by atoms with Crippen LogP contribution in [0.2, 0.25) is 0 Å². The van der Waals surface area contributed by atoms with Gasteiger partial charge in [-0.2, -0.15) is 5.10 Å². The molecule has 1 aromatic heterocycles. The summed E-state index contributed by atoms with van der Waals surface area (Å²) in [4.78, 5) is 15.3. The first-order chi connectivity index (χ1) is 12.5. The molecular formula is C17H30ClN5O3S. The topological polar surface area (TPSA) is 96.3 Å². The van der Waals surface area contributed by atoms with E-state index in [0.717, 1.165) is 25.9 Å². The standard InChI is InChI=1S/C17H29N5O3S.ClH/c1-2-14-26(24,25)20-15-4-12-21(13-5-15)16(23)17(6-9-18-10-7-17)22-11-3-8-19-22;/h3,8,11,15,18,20H,2,4-7,9-10,12-14H2,1H3;1H. The second-order valence-corrected chi connectivity index (χ2v) is 9.11. The number of hydrogen-bond donors (Lipinski definition) is 2. The zero-order valence-electron chi connectivity index (χ0n) is 15.8. The summed E-state index contributed by atoms with van der Waals surface area (Å²) < 4.78 is 28.5. The van der Waals surface area contributed by atoms with Gasteiger partial charge in [-0.3, -0.25) is 9.48 Å². The lowest BCUT2D eigenvalue weighted by Crippen LogP contribution is -2.58. The van der Waals surface area contributed by atoms with Crippen molar-refractivity contribution >= 4 is 28.3 Å². The molecule has 3 heterocycles. The van der Waals surface area contributed by atoms with Crippen LogP contribution in [-0.2, 0) is 20.4 Å². The largest absolute Gasteiger partial charge is 0.340 e. The van der Waals surface area contributed by atoms with E-state index in [9.17, 15) is 13.2 Å². The van der Waals surface area contributed by atoms with Crippen molar-refractivity contribution in [2.45, 2.75) is 50.6 Å². The molecule has 0 aliphatic carbocycles. The monoisotopic (exact) mass is 419 g/mol. The number of nitrogens with one attached hydrogen (secondary N) is 2. The molecule has 27 heavy (non-hydrogen) atoms. The molecule has 154 valence electrons. The number of piperidine rings is 2. The predicted octanol–water partition coefficient (Wildman–Crippen LogP) is 0.704. The number of likely N-dealkylation sites (tertiary alicyclic amines) is 1. The molecule has 3 rings (SSSR count). The van der Waals surface area contributed by atoms with Crippen molar-refractivity contribution in [1.29, 1.82) is 0 Å². The molecule has 0 saturated carbocycles. The highest BCUT2D eigenvalue weighted by Crippen LogP contribution is 2.30. The molecule has 0 aromatic carbocycles. The zero-order chi connectivity index (χ0) is 18.6. The number of carbonyl (C=O) groups excluding carboxylic acids is 1. The van der Waals surface area contributed by atoms with Crippen LogP contribution in [0.1, 0.15) is 39.0 Å². The minimum atomic E-state index is -3.21. The lowest BCUT2D eigenvalue weighted by Gasteiger charge is -2.42. The van der Waals surface area contributed by atoms with Crippen molar-refractivity contribution in [1.82, 2.24) is 24.7 Å². The van der Waals surface area contributed by atoms with Crippen LogP contribution >= 0.6 is 12.4 Å². The maximum absolute atomic E-state index is 13.4. The lowest BCUT2D eigenvalue weighted by molar-refractivity contribution is -0.144. The third-order valence-corrected chi connectivity index (χ3v) is 7.01. The Morgan fingerprint density at radius 3 is 2.52 bits per heavy atom. The highest BCUT2D eigenvalue weighted by molar-refractivity contribution is 7.89. The summed E-state index contributed by atoms with van der Waals surface area (Å²) in [6.07, 6.45) is 6.94. The Morgan fingerprint density at radius 1 is 1.30 bits per heavy atom. The molecule has 0 unspecified atom stereocenters. The predicted molar refractivity (Wildman–Crippen MR) is 106 cm³/mol. The Hall–Kier alpha value is -1.16. The van der Waals surface area contributed by atoms with Crippen LogP contribution in [0.4, 0.5) is 0 Å². The summed E-state index contributed by atoms with van der Waals surface area (Å²) in [5.41, 5.74) is -0.622. The van der Waals surface area contributed by atoms with Crippen molar-refractivity contribution in [2.75, 3.05) is 31.9 Å². The van der Waals surface area contributed by atoms with Crippen molar-refractivity contribution in [3.63, 3.8) is 0 Å². The van der Waals surface area contributed by atoms with E-state index in [-0.39, 0.29) is 30.1 Å². The highest BCUT2D eigenvalue weighted by Gasteiger charge is 2.45. The minimum absolute atomic E-state index is 0. The van der Waals surface area contributed by atoms with Crippen LogP contribution in [0.5, 0.6) is 0 Å². The van der Waals surface area contributed by atoms with E-state index >= 15 is 0 Å². The Bertz CT molecular complexity index is 696. The lowest BCUT2D eigenvalue weighted by atomic mass is 9.86. The number of hydrogen-bond acceptors (Lipinski definition) is 5. The smallest absolute Gasteiger partial charge is 0.250 e. The van der Waals surface area contributed by atoms with E-state index in [2.05, 4.69) is 15.1 Å². The summed E-state index contributed by atoms with van der Waals surface area (Å²) in [5, 5.41) is 7.68. The van der Waals surface area contributed by atoms with Crippen molar-refractivity contribution in [3.05, 3.63) is 18.5 Å². The highest BCUT2D eigenvalue weighted by atomic mass is 35.5. The number of carbonyl (C=O) groups is 1. The van der Waals surface area contributed by atoms with Crippen LogP contribution in [0.15, 0.2) is 18.5 Å². The van der Waals surface area contributed by atoms with E-state index in [4.69, 9.17) is 0 Å². The minimum Gasteiger partial charge on any atom is -0.340 e. The molecule has 2 N–H and O–H groups in total. The molecular weight excluding hydrogens is 390 g/mol. The maximum Gasteiger partial charge on any atom is 0.250 e. The molecule has 8 nitrogen and oxygen atoms in total. The van der Waals surface area contributed by atoms with Gasteiger partial charge in [0.15, 0.2) is 0 Å². The molecule has 2 fully saturated rings. The van der Waals surface area contributed by atoms with Crippen LogP contribution in [0, 0.1) is 0 Å². The van der Waals surface area contributed by atoms with E-state index in [1.54, 1.807) is 6.20 Å². The molecule has 0 spiro atoms. The first kappa shape index (κ1) is 22.1. The van der Waals surface area contributed by atoms with Crippen molar-refractivity contribution in [2.24, 2.45) is 0 Å². The van der Waals surface area contributed by atoms with Gasteiger partial charge >= 0.3 is 0 Å². The fraction of sp³-hybridized carbons (Fsp3) is 0.765. The molecule has 0 bridgehead atoms. The van der Waals surface area contributed by atoms with Gasteiger partial charge in [-0.1, -0.05) is 6.92 Å². The number of halogens is 1. The van der Waals surface area contributed by atoms with Gasteiger partial charge in [-0.15, -0.1) is 12.4 Å². The third kappa shape index (κ3) is 5.01. The molecule has 2 aliphatic heterocycles. The van der Waals surface area contributed by atoms with Gasteiger partial charge in [-0.25, -0.2) is 13.1 Å². The van der Waals surface area contributed by atoms with Crippen LogP contribution in [0.25, 0.3) is 0 Å². The molecule has 2 saturated heterocycles. The summed E-state index contributed by atoms with van der Waals surface area (Å²) >= 11 is 0. The molecule has 2 aliphatic rings.